The molecule has 0 spiro atoms. The Balaban J connectivity index is 2.15. The smallest absolute Gasteiger partial charge is 0.0666 e. The highest BCUT2D eigenvalue weighted by Gasteiger charge is 2.24. The Kier molecular flexibility index (Phi) is 3.59. The van der Waals surface area contributed by atoms with Crippen molar-refractivity contribution in [1.29, 1.82) is 0 Å². The van der Waals surface area contributed by atoms with Gasteiger partial charge in [-0.3, -0.25) is 4.98 Å². The minimum Gasteiger partial charge on any atom is -0.383 e. The fourth-order valence-corrected chi connectivity index (χ4v) is 2.45. The third-order valence-corrected chi connectivity index (χ3v) is 3.19. The van der Waals surface area contributed by atoms with Crippen LogP contribution in [0.1, 0.15) is 12.8 Å². The fraction of sp³-hybridized carbons (Fsp3) is 0.545. The first-order chi connectivity index (χ1) is 7.31. The van der Waals surface area contributed by atoms with Gasteiger partial charge in [0.2, 0.25) is 0 Å². The van der Waals surface area contributed by atoms with Gasteiger partial charge < -0.3 is 9.64 Å². The number of ether oxygens (including phenoxy) is 1. The molecule has 15 heavy (non-hydrogen) atoms. The summed E-state index contributed by atoms with van der Waals surface area (Å²) in [6.07, 6.45) is 6.17. The van der Waals surface area contributed by atoms with Gasteiger partial charge in [-0.05, 0) is 34.8 Å². The Bertz CT molecular complexity index is 332. The number of halogens is 1. The summed E-state index contributed by atoms with van der Waals surface area (Å²) in [6, 6.07) is 2.62. The van der Waals surface area contributed by atoms with Gasteiger partial charge in [0.25, 0.3) is 0 Å². The SMILES string of the molecule is COCC1CCCN1c1cncc(Br)c1. The molecule has 0 aromatic carbocycles. The maximum Gasteiger partial charge on any atom is 0.0666 e. The van der Waals surface area contributed by atoms with Crippen LogP contribution in [0, 0.1) is 0 Å². The van der Waals surface area contributed by atoms with Crippen LogP contribution in [0.2, 0.25) is 0 Å². The fourth-order valence-electron chi connectivity index (χ4n) is 2.10. The summed E-state index contributed by atoms with van der Waals surface area (Å²) in [5.74, 6) is 0. The summed E-state index contributed by atoms with van der Waals surface area (Å²) in [7, 11) is 1.76. The van der Waals surface area contributed by atoms with E-state index in [1.54, 1.807) is 7.11 Å². The Labute approximate surface area is 98.6 Å². The molecule has 0 aliphatic carbocycles. The van der Waals surface area contributed by atoms with Crippen LogP contribution in [0.25, 0.3) is 0 Å². The number of pyridine rings is 1. The summed E-state index contributed by atoms with van der Waals surface area (Å²) in [5, 5.41) is 0. The Morgan fingerprint density at radius 2 is 2.47 bits per heavy atom. The summed E-state index contributed by atoms with van der Waals surface area (Å²) in [6.45, 7) is 1.90. The average Bonchev–Trinajstić information content (AvgIpc) is 2.66. The standard InChI is InChI=1S/C11H15BrN2O/c1-15-8-10-3-2-4-14(10)11-5-9(12)6-13-7-11/h5-7,10H,2-4,8H2,1H3. The van der Waals surface area contributed by atoms with Crippen LogP contribution in [0.15, 0.2) is 22.9 Å². The van der Waals surface area contributed by atoms with Gasteiger partial charge in [0.1, 0.15) is 0 Å². The predicted octanol–water partition coefficient (Wildman–Crippen LogP) is 2.46. The summed E-state index contributed by atoms with van der Waals surface area (Å²) < 4.78 is 6.26. The Morgan fingerprint density at radius 1 is 1.60 bits per heavy atom. The van der Waals surface area contributed by atoms with Crippen LogP contribution in [-0.4, -0.2) is 31.3 Å². The first kappa shape index (κ1) is 10.9. The molecule has 2 rings (SSSR count). The van der Waals surface area contributed by atoms with Gasteiger partial charge in [-0.25, -0.2) is 0 Å². The molecule has 0 radical (unpaired) electrons. The molecule has 1 fully saturated rings. The number of nitrogens with zero attached hydrogens (tertiary/aromatic N) is 2. The van der Waals surface area contributed by atoms with Gasteiger partial charge >= 0.3 is 0 Å². The van der Waals surface area contributed by atoms with E-state index in [1.165, 1.54) is 18.5 Å². The Hall–Kier alpha value is -0.610. The highest BCUT2D eigenvalue weighted by molar-refractivity contribution is 9.10. The summed E-state index contributed by atoms with van der Waals surface area (Å²) >= 11 is 3.45. The van der Waals surface area contributed by atoms with Crippen molar-refractivity contribution in [1.82, 2.24) is 4.98 Å². The lowest BCUT2D eigenvalue weighted by molar-refractivity contribution is 0.181. The van der Waals surface area contributed by atoms with Crippen molar-refractivity contribution < 1.29 is 4.74 Å². The highest BCUT2D eigenvalue weighted by Crippen LogP contribution is 2.26. The van der Waals surface area contributed by atoms with Crippen molar-refractivity contribution in [3.8, 4) is 0 Å². The Morgan fingerprint density at radius 3 is 3.20 bits per heavy atom. The van der Waals surface area contributed by atoms with Crippen LogP contribution in [-0.2, 0) is 4.74 Å². The van der Waals surface area contributed by atoms with Gasteiger partial charge in [-0.2, -0.15) is 0 Å². The number of anilines is 1. The van der Waals surface area contributed by atoms with Gasteiger partial charge in [0.05, 0.1) is 24.5 Å². The maximum atomic E-state index is 5.23. The van der Waals surface area contributed by atoms with Crippen molar-refractivity contribution in [2.24, 2.45) is 0 Å². The molecule has 1 aromatic heterocycles. The molecule has 3 nitrogen and oxygen atoms in total. The molecule has 1 saturated heterocycles. The van der Waals surface area contributed by atoms with Gasteiger partial charge in [-0.1, -0.05) is 0 Å². The summed E-state index contributed by atoms with van der Waals surface area (Å²) in [4.78, 5) is 6.57. The second-order valence-electron chi connectivity index (χ2n) is 3.81. The molecule has 1 aliphatic heterocycles. The van der Waals surface area contributed by atoms with Crippen molar-refractivity contribution in [2.45, 2.75) is 18.9 Å². The highest BCUT2D eigenvalue weighted by atomic mass is 79.9. The van der Waals surface area contributed by atoms with Gasteiger partial charge in [0, 0.05) is 24.3 Å². The van der Waals surface area contributed by atoms with E-state index in [-0.39, 0.29) is 0 Å². The van der Waals surface area contributed by atoms with E-state index in [2.05, 4.69) is 31.9 Å². The molecule has 2 heterocycles. The number of rotatable bonds is 3. The topological polar surface area (TPSA) is 25.4 Å². The van der Waals surface area contributed by atoms with Gasteiger partial charge in [0.15, 0.2) is 0 Å². The molecule has 4 heteroatoms. The quantitative estimate of drug-likeness (QED) is 0.844. The van der Waals surface area contributed by atoms with Crippen LogP contribution in [0.4, 0.5) is 5.69 Å². The largest absolute Gasteiger partial charge is 0.383 e. The van der Waals surface area contributed by atoms with Crippen LogP contribution in [0.3, 0.4) is 0 Å². The van der Waals surface area contributed by atoms with Crippen molar-refractivity contribution in [3.05, 3.63) is 22.9 Å². The van der Waals surface area contributed by atoms with Gasteiger partial charge in [-0.15, -0.1) is 0 Å². The van der Waals surface area contributed by atoms with E-state index in [4.69, 9.17) is 4.74 Å². The van der Waals surface area contributed by atoms with E-state index < -0.39 is 0 Å². The second-order valence-corrected chi connectivity index (χ2v) is 4.72. The zero-order valence-electron chi connectivity index (χ0n) is 8.82. The van der Waals surface area contributed by atoms with Crippen molar-refractivity contribution in [2.75, 3.05) is 25.2 Å². The molecule has 0 amide bonds. The third-order valence-electron chi connectivity index (χ3n) is 2.76. The zero-order chi connectivity index (χ0) is 10.7. The average molecular weight is 271 g/mol. The van der Waals surface area contributed by atoms with E-state index in [9.17, 15) is 0 Å². The van der Waals surface area contributed by atoms with Crippen LogP contribution >= 0.6 is 15.9 Å². The lowest BCUT2D eigenvalue weighted by Crippen LogP contribution is -2.32. The lowest BCUT2D eigenvalue weighted by Gasteiger charge is -2.25. The summed E-state index contributed by atoms with van der Waals surface area (Å²) in [5.41, 5.74) is 1.18. The lowest BCUT2D eigenvalue weighted by atomic mass is 10.2. The number of hydrogen-bond acceptors (Lipinski definition) is 3. The van der Waals surface area contributed by atoms with E-state index in [0.717, 1.165) is 17.6 Å². The molecule has 1 aromatic rings. The van der Waals surface area contributed by atoms with E-state index in [0.29, 0.717) is 6.04 Å². The van der Waals surface area contributed by atoms with Crippen molar-refractivity contribution in [3.63, 3.8) is 0 Å². The zero-order valence-corrected chi connectivity index (χ0v) is 10.4. The van der Waals surface area contributed by atoms with E-state index >= 15 is 0 Å². The minimum atomic E-state index is 0.506. The monoisotopic (exact) mass is 270 g/mol. The number of aromatic nitrogens is 1. The first-order valence-corrected chi connectivity index (χ1v) is 5.96. The normalized spacial score (nSPS) is 20.9. The third kappa shape index (κ3) is 2.49. The molecule has 1 unspecified atom stereocenters. The van der Waals surface area contributed by atoms with Crippen LogP contribution < -0.4 is 4.90 Å². The molecule has 1 aliphatic rings. The molecular formula is C11H15BrN2O. The first-order valence-electron chi connectivity index (χ1n) is 5.17. The van der Waals surface area contributed by atoms with E-state index in [1.807, 2.05) is 12.4 Å². The maximum absolute atomic E-state index is 5.23. The predicted molar refractivity (Wildman–Crippen MR) is 64.2 cm³/mol. The molecule has 1 atom stereocenters. The van der Waals surface area contributed by atoms with Crippen LogP contribution in [0.5, 0.6) is 0 Å². The number of hydrogen-bond donors (Lipinski definition) is 0. The minimum absolute atomic E-state index is 0.506. The molecule has 0 saturated carbocycles. The molecule has 82 valence electrons. The van der Waals surface area contributed by atoms with Crippen molar-refractivity contribution >= 4 is 21.6 Å². The molecular weight excluding hydrogens is 256 g/mol. The molecule has 0 bridgehead atoms. The molecule has 0 N–H and O–H groups in total. The number of methoxy groups -OCH3 is 1. The second kappa shape index (κ2) is 4.94.